The van der Waals surface area contributed by atoms with Crippen molar-refractivity contribution in [3.8, 4) is 5.75 Å². The Hall–Kier alpha value is -2.41. The molecule has 0 aliphatic heterocycles. The number of hydrogen-bond acceptors (Lipinski definition) is 8. The Morgan fingerprint density at radius 3 is 1.59 bits per heavy atom. The number of carbonyl (C=O) groups excluding carboxylic acids is 2. The molecule has 0 saturated heterocycles. The molecule has 0 N–H and O–H groups in total. The van der Waals surface area contributed by atoms with Gasteiger partial charge in [0, 0.05) is 11.1 Å². The molecule has 0 amide bonds. The van der Waals surface area contributed by atoms with E-state index in [-0.39, 0.29) is 24.4 Å². The van der Waals surface area contributed by atoms with Crippen LogP contribution in [0.1, 0.15) is 44.4 Å². The second kappa shape index (κ2) is 12.0. The lowest BCUT2D eigenvalue weighted by molar-refractivity contribution is -0.145. The number of aryl methyl sites for hydroxylation is 3. The number of rotatable bonds is 12. The van der Waals surface area contributed by atoms with E-state index in [1.165, 1.54) is 13.8 Å². The average Bonchev–Trinajstić information content (AvgIpc) is 2.67. The molecule has 0 spiro atoms. The number of ether oxygens (including phenoxy) is 2. The molecule has 0 bridgehead atoms. The zero-order chi connectivity index (χ0) is 24.6. The largest absolute Gasteiger partial charge is 0.530 e. The summed E-state index contributed by atoms with van der Waals surface area (Å²) in [5.74, 6) is -0.830. The van der Waals surface area contributed by atoms with Gasteiger partial charge in [0.15, 0.2) is 0 Å². The van der Waals surface area contributed by atoms with Crippen LogP contribution in [-0.4, -0.2) is 37.4 Å². The van der Waals surface area contributed by atoms with Gasteiger partial charge in [0.2, 0.25) is 0 Å². The fourth-order valence-corrected chi connectivity index (χ4v) is 4.02. The van der Waals surface area contributed by atoms with Gasteiger partial charge in [-0.2, -0.15) is 0 Å². The molecule has 0 fully saturated rings. The van der Waals surface area contributed by atoms with Crippen molar-refractivity contribution in [3.63, 3.8) is 0 Å². The Bertz CT molecular complexity index is 856. The highest BCUT2D eigenvalue weighted by Gasteiger charge is 2.32. The average molecular weight is 468 g/mol. The molecule has 8 nitrogen and oxygen atoms in total. The number of phosphoric ester groups is 1. The van der Waals surface area contributed by atoms with Crippen LogP contribution in [0.25, 0.3) is 0 Å². The van der Waals surface area contributed by atoms with Crippen molar-refractivity contribution in [1.82, 2.24) is 0 Å². The predicted octanol–water partition coefficient (Wildman–Crippen LogP) is 5.15. The predicted molar refractivity (Wildman–Crippen MR) is 122 cm³/mol. The minimum absolute atomic E-state index is 0.228. The van der Waals surface area contributed by atoms with E-state index in [0.717, 1.165) is 16.7 Å². The summed E-state index contributed by atoms with van der Waals surface area (Å²) < 4.78 is 40.4. The van der Waals surface area contributed by atoms with Gasteiger partial charge in [0.1, 0.15) is 18.0 Å². The molecule has 0 heterocycles. The van der Waals surface area contributed by atoms with Crippen molar-refractivity contribution in [2.45, 2.75) is 60.7 Å². The van der Waals surface area contributed by atoms with Crippen molar-refractivity contribution >= 4 is 19.8 Å². The number of hydrogen-bond donors (Lipinski definition) is 0. The number of carbonyl (C=O) groups is 2. The van der Waals surface area contributed by atoms with Crippen LogP contribution in [0.15, 0.2) is 36.4 Å². The van der Waals surface area contributed by atoms with E-state index in [0.29, 0.717) is 5.75 Å². The maximum atomic E-state index is 13.4. The first-order chi connectivity index (χ1) is 14.7. The molecule has 1 aromatic rings. The third-order valence-electron chi connectivity index (χ3n) is 4.06. The summed E-state index contributed by atoms with van der Waals surface area (Å²) in [5.41, 5.74) is 2.97. The molecule has 2 atom stereocenters. The smallest absolute Gasteiger partial charge is 0.457 e. The first-order valence-electron chi connectivity index (χ1n) is 10.1. The van der Waals surface area contributed by atoms with Gasteiger partial charge in [-0.1, -0.05) is 30.9 Å². The third kappa shape index (κ3) is 8.99. The van der Waals surface area contributed by atoms with Crippen molar-refractivity contribution in [1.29, 1.82) is 0 Å². The minimum Gasteiger partial charge on any atom is -0.457 e. The van der Waals surface area contributed by atoms with Gasteiger partial charge < -0.3 is 14.0 Å². The second-order valence-electron chi connectivity index (χ2n) is 7.85. The fourth-order valence-electron chi connectivity index (χ4n) is 2.54. The van der Waals surface area contributed by atoms with Gasteiger partial charge >= 0.3 is 19.8 Å². The molecule has 0 aliphatic carbocycles. The van der Waals surface area contributed by atoms with Crippen molar-refractivity contribution in [2.24, 2.45) is 0 Å². The maximum absolute atomic E-state index is 13.4. The number of esters is 2. The van der Waals surface area contributed by atoms with E-state index in [1.54, 1.807) is 13.8 Å². The van der Waals surface area contributed by atoms with E-state index in [1.807, 2.05) is 32.9 Å². The Labute approximate surface area is 190 Å². The Morgan fingerprint density at radius 1 is 0.875 bits per heavy atom. The monoisotopic (exact) mass is 468 g/mol. The molecule has 0 aromatic heterocycles. The molecule has 0 radical (unpaired) electrons. The van der Waals surface area contributed by atoms with Crippen LogP contribution in [0.5, 0.6) is 5.75 Å². The summed E-state index contributed by atoms with van der Waals surface area (Å²) >= 11 is 0. The van der Waals surface area contributed by atoms with E-state index in [2.05, 4.69) is 13.2 Å². The zero-order valence-corrected chi connectivity index (χ0v) is 20.7. The zero-order valence-electron chi connectivity index (χ0n) is 19.9. The van der Waals surface area contributed by atoms with Crippen molar-refractivity contribution in [3.05, 3.63) is 53.1 Å². The highest BCUT2D eigenvalue weighted by Crippen LogP contribution is 2.51. The molecule has 178 valence electrons. The molecule has 1 aromatic carbocycles. The number of phosphoric acid groups is 1. The van der Waals surface area contributed by atoms with Crippen LogP contribution in [0.2, 0.25) is 0 Å². The summed E-state index contributed by atoms with van der Waals surface area (Å²) in [4.78, 5) is 23.4. The Kier molecular flexibility index (Phi) is 10.4. The molecule has 0 aliphatic rings. The number of benzene rings is 1. The molecule has 9 heteroatoms. The van der Waals surface area contributed by atoms with E-state index in [4.69, 9.17) is 23.0 Å². The molecule has 1 rings (SSSR count). The second-order valence-corrected chi connectivity index (χ2v) is 9.44. The normalized spacial score (nSPS) is 14.6. The topological polar surface area (TPSA) is 97.4 Å². The van der Waals surface area contributed by atoms with Crippen LogP contribution < -0.4 is 4.52 Å². The summed E-state index contributed by atoms with van der Waals surface area (Å²) in [6, 6.07) is 3.75. The molecular formula is C23H33O8P. The van der Waals surface area contributed by atoms with E-state index < -0.39 is 32.0 Å². The van der Waals surface area contributed by atoms with Gasteiger partial charge in [0.05, 0.1) is 13.2 Å². The van der Waals surface area contributed by atoms with E-state index >= 15 is 0 Å². The van der Waals surface area contributed by atoms with Gasteiger partial charge in [-0.25, -0.2) is 14.2 Å². The summed E-state index contributed by atoms with van der Waals surface area (Å²) in [5, 5.41) is 0. The van der Waals surface area contributed by atoms with Gasteiger partial charge in [-0.3, -0.25) is 9.05 Å². The molecule has 2 unspecified atom stereocenters. The third-order valence-corrected chi connectivity index (χ3v) is 5.39. The Balaban J connectivity index is 3.00. The Morgan fingerprint density at radius 2 is 1.25 bits per heavy atom. The maximum Gasteiger partial charge on any atom is 0.530 e. The van der Waals surface area contributed by atoms with Crippen molar-refractivity contribution in [2.75, 3.05) is 13.2 Å². The lowest BCUT2D eigenvalue weighted by Crippen LogP contribution is -2.23. The first kappa shape index (κ1) is 27.6. The molecule has 32 heavy (non-hydrogen) atoms. The standard InChI is InChI=1S/C23H33O8P/c1-14(2)22(24)29-19(8)12-27-32(26,28-13-20(9)30-23(25)15(3)4)31-21-17(6)10-16(5)11-18(21)7/h10-11,19-20H,1,3,12-13H2,2,4-9H3. The fraction of sp³-hybridized carbons (Fsp3) is 0.478. The summed E-state index contributed by atoms with van der Waals surface area (Å²) in [6.07, 6.45) is -1.47. The van der Waals surface area contributed by atoms with Crippen LogP contribution in [0.4, 0.5) is 0 Å². The van der Waals surface area contributed by atoms with Crippen LogP contribution in [-0.2, 0) is 32.7 Å². The lowest BCUT2D eigenvalue weighted by Gasteiger charge is -2.24. The van der Waals surface area contributed by atoms with Crippen LogP contribution in [0.3, 0.4) is 0 Å². The highest BCUT2D eigenvalue weighted by molar-refractivity contribution is 7.48. The van der Waals surface area contributed by atoms with Gasteiger partial charge in [-0.15, -0.1) is 0 Å². The van der Waals surface area contributed by atoms with Crippen LogP contribution in [0, 0.1) is 20.8 Å². The van der Waals surface area contributed by atoms with E-state index in [9.17, 15) is 14.2 Å². The lowest BCUT2D eigenvalue weighted by atomic mass is 10.1. The summed E-state index contributed by atoms with van der Waals surface area (Å²) in [6.45, 7) is 18.3. The SMILES string of the molecule is C=C(C)C(=O)OC(C)COP(=O)(OCC(C)OC(=O)C(=C)C)Oc1c(C)cc(C)cc1C. The van der Waals surface area contributed by atoms with Gasteiger partial charge in [0.25, 0.3) is 0 Å². The minimum atomic E-state index is -4.18. The summed E-state index contributed by atoms with van der Waals surface area (Å²) in [7, 11) is -4.18. The van der Waals surface area contributed by atoms with Gasteiger partial charge in [-0.05, 0) is 59.6 Å². The quantitative estimate of drug-likeness (QED) is 0.236. The van der Waals surface area contributed by atoms with Crippen LogP contribution >= 0.6 is 7.82 Å². The van der Waals surface area contributed by atoms with Crippen molar-refractivity contribution < 1.29 is 37.2 Å². The highest BCUT2D eigenvalue weighted by atomic mass is 31.2. The molecule has 0 saturated carbocycles. The first-order valence-corrected chi connectivity index (χ1v) is 11.6. The molecular weight excluding hydrogens is 435 g/mol.